The summed E-state index contributed by atoms with van der Waals surface area (Å²) in [5.41, 5.74) is 5.03. The van der Waals surface area contributed by atoms with E-state index in [2.05, 4.69) is 0 Å². The van der Waals surface area contributed by atoms with E-state index in [1.807, 2.05) is 6.07 Å². The molecule has 1 unspecified atom stereocenters. The monoisotopic (exact) mass is 403 g/mol. The van der Waals surface area contributed by atoms with E-state index in [1.165, 1.54) is 6.07 Å². The fourth-order valence-electron chi connectivity index (χ4n) is 2.30. The van der Waals surface area contributed by atoms with Crippen molar-refractivity contribution in [2.75, 3.05) is 0 Å². The summed E-state index contributed by atoms with van der Waals surface area (Å²) < 4.78 is 5.51. The van der Waals surface area contributed by atoms with Crippen molar-refractivity contribution in [3.63, 3.8) is 0 Å². The molecule has 7 N–H and O–H groups in total. The molecule has 2 aromatic carbocycles. The minimum Gasteiger partial charge on any atom is -0.504 e. The van der Waals surface area contributed by atoms with Crippen molar-refractivity contribution >= 4 is 22.9 Å². The predicted octanol–water partition coefficient (Wildman–Crippen LogP) is 1.45. The van der Waals surface area contributed by atoms with Crippen molar-refractivity contribution in [3.8, 4) is 28.6 Å². The molecule has 3 aromatic rings. The smallest absolute Gasteiger partial charge is 0.321 e. The summed E-state index contributed by atoms with van der Waals surface area (Å²) in [6.07, 6.45) is -0.532. The van der Waals surface area contributed by atoms with Crippen LogP contribution in [0.4, 0.5) is 0 Å². The van der Waals surface area contributed by atoms with Gasteiger partial charge in [0.2, 0.25) is 5.75 Å². The minimum absolute atomic E-state index is 0.00385. The average Bonchev–Trinajstić information content (AvgIpc) is 2.66. The molecule has 0 saturated carbocycles. The zero-order valence-electron chi connectivity index (χ0n) is 14.8. The second-order valence-electron chi connectivity index (χ2n) is 5.85. The number of carboxylic acid groups (broad SMARTS) is 2. The Morgan fingerprint density at radius 3 is 2.14 bits per heavy atom. The van der Waals surface area contributed by atoms with Crippen molar-refractivity contribution in [2.45, 2.75) is 12.5 Å². The van der Waals surface area contributed by atoms with E-state index in [0.29, 0.717) is 11.3 Å². The van der Waals surface area contributed by atoms with E-state index in [-0.39, 0.29) is 11.0 Å². The van der Waals surface area contributed by atoms with Gasteiger partial charge in [-0.05, 0) is 0 Å². The first-order valence-corrected chi connectivity index (χ1v) is 8.09. The molecule has 29 heavy (non-hydrogen) atoms. The Balaban J connectivity index is 0.000000284. The van der Waals surface area contributed by atoms with E-state index in [0.717, 1.165) is 6.07 Å². The number of carboxylic acids is 2. The zero-order chi connectivity index (χ0) is 21.7. The van der Waals surface area contributed by atoms with Gasteiger partial charge in [-0.2, -0.15) is 0 Å². The second kappa shape index (κ2) is 8.76. The third-order valence-corrected chi connectivity index (χ3v) is 3.72. The Labute approximate surface area is 162 Å². The Bertz CT molecular complexity index is 1110. The molecular weight excluding hydrogens is 386 g/mol. The van der Waals surface area contributed by atoms with Gasteiger partial charge >= 0.3 is 11.9 Å². The topological polar surface area (TPSA) is 192 Å². The number of phenols is 3. The molecule has 0 spiro atoms. The first kappa shape index (κ1) is 21.3. The molecule has 0 radical (unpaired) electrons. The van der Waals surface area contributed by atoms with Crippen molar-refractivity contribution in [1.82, 2.24) is 0 Å². The molecular formula is C19H17NO9. The highest BCUT2D eigenvalue weighted by Crippen LogP contribution is 2.40. The number of benzene rings is 2. The Morgan fingerprint density at radius 1 is 1.00 bits per heavy atom. The van der Waals surface area contributed by atoms with Gasteiger partial charge in [0.05, 0.1) is 6.42 Å². The van der Waals surface area contributed by atoms with Gasteiger partial charge in [-0.1, -0.05) is 30.3 Å². The number of carbonyl (C=O) groups is 2. The molecule has 0 saturated heterocycles. The third-order valence-electron chi connectivity index (χ3n) is 3.72. The van der Waals surface area contributed by atoms with Crippen LogP contribution in [0.5, 0.6) is 17.2 Å². The van der Waals surface area contributed by atoms with E-state index < -0.39 is 47.1 Å². The summed E-state index contributed by atoms with van der Waals surface area (Å²) in [5, 5.41) is 44.5. The van der Waals surface area contributed by atoms with Gasteiger partial charge in [0.1, 0.15) is 22.8 Å². The molecule has 152 valence electrons. The normalized spacial score (nSPS) is 11.3. The predicted molar refractivity (Wildman–Crippen MR) is 101 cm³/mol. The van der Waals surface area contributed by atoms with Gasteiger partial charge in [-0.3, -0.25) is 14.4 Å². The van der Waals surface area contributed by atoms with Crippen molar-refractivity contribution in [1.29, 1.82) is 0 Å². The average molecular weight is 403 g/mol. The van der Waals surface area contributed by atoms with Crippen LogP contribution < -0.4 is 11.2 Å². The molecule has 3 rings (SSSR count). The molecule has 0 aliphatic rings. The Kier molecular flexibility index (Phi) is 6.42. The summed E-state index contributed by atoms with van der Waals surface area (Å²) in [6, 6.07) is 10.00. The first-order chi connectivity index (χ1) is 13.6. The maximum atomic E-state index is 12.0. The van der Waals surface area contributed by atoms with Crippen LogP contribution in [0.2, 0.25) is 0 Å². The van der Waals surface area contributed by atoms with Crippen LogP contribution >= 0.6 is 0 Å². The molecule has 1 atom stereocenters. The number of fused-ring (bicyclic) bond motifs is 1. The summed E-state index contributed by atoms with van der Waals surface area (Å²) >= 11 is 0. The molecule has 10 nitrogen and oxygen atoms in total. The molecule has 0 fully saturated rings. The lowest BCUT2D eigenvalue weighted by Crippen LogP contribution is -2.32. The fraction of sp³-hybridized carbons (Fsp3) is 0.105. The van der Waals surface area contributed by atoms with Crippen LogP contribution in [0.3, 0.4) is 0 Å². The minimum atomic E-state index is -1.29. The summed E-state index contributed by atoms with van der Waals surface area (Å²) in [7, 11) is 0. The maximum Gasteiger partial charge on any atom is 0.321 e. The van der Waals surface area contributed by atoms with E-state index >= 15 is 0 Å². The lowest BCUT2D eigenvalue weighted by Gasteiger charge is -2.06. The van der Waals surface area contributed by atoms with Crippen LogP contribution in [0.15, 0.2) is 51.7 Å². The van der Waals surface area contributed by atoms with Crippen LogP contribution in [-0.4, -0.2) is 43.5 Å². The van der Waals surface area contributed by atoms with Crippen LogP contribution in [0.25, 0.3) is 22.3 Å². The van der Waals surface area contributed by atoms with Crippen molar-refractivity contribution in [3.05, 3.63) is 52.7 Å². The number of aromatic hydroxyl groups is 3. The van der Waals surface area contributed by atoms with Gasteiger partial charge in [-0.15, -0.1) is 0 Å². The lowest BCUT2D eigenvalue weighted by molar-refractivity contribution is -0.144. The number of phenolic OH excluding ortho intramolecular Hbond substituents is 3. The Hall–Kier alpha value is -4.05. The fourth-order valence-corrected chi connectivity index (χ4v) is 2.30. The van der Waals surface area contributed by atoms with E-state index in [1.54, 1.807) is 24.3 Å². The van der Waals surface area contributed by atoms with Gasteiger partial charge in [-0.25, -0.2) is 0 Å². The SMILES string of the molecule is NC(CC(=O)O)C(=O)O.O=c1cc(-c2ccccc2)oc2cc(O)c(O)c(O)c12. The largest absolute Gasteiger partial charge is 0.504 e. The van der Waals surface area contributed by atoms with Crippen molar-refractivity contribution < 1.29 is 39.5 Å². The van der Waals surface area contributed by atoms with Crippen LogP contribution in [0, 0.1) is 0 Å². The third kappa shape index (κ3) is 5.02. The van der Waals surface area contributed by atoms with Gasteiger partial charge in [0, 0.05) is 17.7 Å². The summed E-state index contributed by atoms with van der Waals surface area (Å²) in [6.45, 7) is 0. The first-order valence-electron chi connectivity index (χ1n) is 8.09. The summed E-state index contributed by atoms with van der Waals surface area (Å²) in [4.78, 5) is 31.7. The standard InChI is InChI=1S/C15H10O5.C4H7NO4/c16-9-6-11(8-4-2-1-3-5-8)20-12-7-10(17)14(18)15(19)13(9)12;5-2(4(8)9)1-3(6)7/h1-7,17-19H;2H,1,5H2,(H,6,7)(H,8,9). The Morgan fingerprint density at radius 2 is 1.62 bits per heavy atom. The van der Waals surface area contributed by atoms with Gasteiger partial charge in [0.25, 0.3) is 0 Å². The van der Waals surface area contributed by atoms with Crippen LogP contribution in [0.1, 0.15) is 6.42 Å². The number of nitrogens with two attached hydrogens (primary N) is 1. The number of hydrogen-bond donors (Lipinski definition) is 6. The molecule has 1 heterocycles. The molecule has 1 aromatic heterocycles. The summed E-state index contributed by atoms with van der Waals surface area (Å²) in [5.74, 6) is -4.16. The molecule has 0 aliphatic carbocycles. The quantitative estimate of drug-likeness (QED) is 0.347. The maximum absolute atomic E-state index is 12.0. The second-order valence-corrected chi connectivity index (χ2v) is 5.85. The van der Waals surface area contributed by atoms with Gasteiger partial charge < -0.3 is 35.7 Å². The number of aliphatic carboxylic acids is 2. The van der Waals surface area contributed by atoms with Gasteiger partial charge in [0.15, 0.2) is 16.9 Å². The number of hydrogen-bond acceptors (Lipinski definition) is 8. The molecule has 0 amide bonds. The van der Waals surface area contributed by atoms with E-state index in [9.17, 15) is 29.7 Å². The molecule has 10 heteroatoms. The molecule has 0 aliphatic heterocycles. The highest BCUT2D eigenvalue weighted by Gasteiger charge is 2.17. The highest BCUT2D eigenvalue weighted by atomic mass is 16.4. The van der Waals surface area contributed by atoms with Crippen molar-refractivity contribution in [2.24, 2.45) is 5.73 Å². The molecule has 0 bridgehead atoms. The number of rotatable bonds is 4. The van der Waals surface area contributed by atoms with Crippen LogP contribution in [-0.2, 0) is 9.59 Å². The van der Waals surface area contributed by atoms with E-state index in [4.69, 9.17) is 20.4 Å². The highest BCUT2D eigenvalue weighted by molar-refractivity contribution is 5.89. The lowest BCUT2D eigenvalue weighted by atomic mass is 10.1. The zero-order valence-corrected chi connectivity index (χ0v) is 14.8.